The van der Waals surface area contributed by atoms with Gasteiger partial charge in [0.25, 0.3) is 4.74 Å². The van der Waals surface area contributed by atoms with Gasteiger partial charge < -0.3 is 22.0 Å². The standard InChI is InChI=1S/C19H24BrN5O3.ClH/c1-19(2,17(27)28-3)23-10-13-5-4-12(9-25(13)15(26)11-23)16-14-8-21-6-7-24(14)18(20)22-16;/h6-8,12-13H,4-5,9-11H2,1-3H3;1H/t12-,13+;/m0./s1. The summed E-state index contributed by atoms with van der Waals surface area (Å²) in [6.07, 6.45) is 7.42. The summed E-state index contributed by atoms with van der Waals surface area (Å²) in [5.41, 5.74) is 1.25. The fourth-order valence-electron chi connectivity index (χ4n) is 4.44. The molecule has 4 rings (SSSR count). The fraction of sp³-hybridized carbons (Fsp3) is 0.579. The third-order valence-electron chi connectivity index (χ3n) is 6.18. The van der Waals surface area contributed by atoms with Gasteiger partial charge in [0.2, 0.25) is 5.91 Å². The van der Waals surface area contributed by atoms with Crippen LogP contribution >= 0.6 is 15.9 Å². The maximum Gasteiger partial charge on any atom is 0.325 e. The lowest BCUT2D eigenvalue weighted by Gasteiger charge is -2.49. The molecule has 8 nitrogen and oxygen atoms in total. The highest BCUT2D eigenvalue weighted by Gasteiger charge is 2.46. The van der Waals surface area contributed by atoms with Crippen LogP contribution in [0.15, 0.2) is 33.8 Å². The second-order valence-corrected chi connectivity index (χ2v) is 8.87. The van der Waals surface area contributed by atoms with Crippen molar-refractivity contribution in [3.63, 3.8) is 0 Å². The molecular formula is C19H25BrClN5O3. The molecule has 1 unspecified atom stereocenters. The van der Waals surface area contributed by atoms with Crippen LogP contribution in [0.2, 0.25) is 0 Å². The molecule has 2 fully saturated rings. The number of allylic oxidation sites excluding steroid dienone is 1. The number of carbonyl (C=O) groups excluding carboxylic acids is 2. The number of amides is 1. The Kier molecular flexibility index (Phi) is 6.33. The molecule has 4 aliphatic rings. The van der Waals surface area contributed by atoms with E-state index in [1.165, 1.54) is 7.11 Å². The van der Waals surface area contributed by atoms with Gasteiger partial charge in [0.05, 0.1) is 26.1 Å². The molecular weight excluding hydrogens is 462 g/mol. The highest BCUT2D eigenvalue weighted by atomic mass is 79.9. The molecule has 0 aliphatic carbocycles. The number of fused-ring (bicyclic) bond motifs is 2. The zero-order valence-corrected chi connectivity index (χ0v) is 19.0. The van der Waals surface area contributed by atoms with Gasteiger partial charge in [-0.1, -0.05) is 0 Å². The van der Waals surface area contributed by atoms with E-state index in [4.69, 9.17) is 9.73 Å². The Morgan fingerprint density at radius 2 is 2.10 bits per heavy atom. The van der Waals surface area contributed by atoms with Crippen molar-refractivity contribution >= 4 is 38.8 Å². The minimum absolute atomic E-state index is 0. The molecule has 4 heterocycles. The van der Waals surface area contributed by atoms with E-state index >= 15 is 0 Å². The molecule has 0 aromatic rings. The van der Waals surface area contributed by atoms with Crippen LogP contribution in [0.1, 0.15) is 26.7 Å². The number of aliphatic imine (C=N–C) groups is 2. The molecule has 1 N–H and O–H groups in total. The summed E-state index contributed by atoms with van der Waals surface area (Å²) in [5, 5.41) is 0. The molecule has 2 saturated heterocycles. The van der Waals surface area contributed by atoms with Crippen LogP contribution in [0.3, 0.4) is 0 Å². The fourth-order valence-corrected chi connectivity index (χ4v) is 4.98. The quantitative estimate of drug-likeness (QED) is 0.347. The number of carbonyl (C=O) groups is 2. The molecule has 0 spiro atoms. The number of nitrogens with zero attached hydrogens (tertiary/aromatic N) is 4. The van der Waals surface area contributed by atoms with Crippen molar-refractivity contribution in [1.29, 1.82) is 0 Å². The Labute approximate surface area is 184 Å². The number of halogens is 2. The third-order valence-corrected chi connectivity index (χ3v) is 6.79. The van der Waals surface area contributed by atoms with Crippen molar-refractivity contribution in [2.24, 2.45) is 15.9 Å². The molecule has 1 amide bonds. The Morgan fingerprint density at radius 1 is 1.34 bits per heavy atom. The first-order valence-electron chi connectivity index (χ1n) is 9.51. The van der Waals surface area contributed by atoms with Crippen LogP contribution in [0.25, 0.3) is 0 Å². The van der Waals surface area contributed by atoms with E-state index in [1.54, 1.807) is 6.20 Å². The smallest absolute Gasteiger partial charge is 0.325 e. The summed E-state index contributed by atoms with van der Waals surface area (Å²) in [4.78, 5) is 39.0. The number of hydrogen-bond donors (Lipinski definition) is 1. The van der Waals surface area contributed by atoms with Gasteiger partial charge in [0.1, 0.15) is 17.4 Å². The Morgan fingerprint density at radius 3 is 2.83 bits per heavy atom. The number of ether oxygens (including phenoxy) is 1. The zero-order chi connectivity index (χ0) is 20.1. The lowest BCUT2D eigenvalue weighted by molar-refractivity contribution is -0.685. The summed E-state index contributed by atoms with van der Waals surface area (Å²) in [5.74, 6) is -0.0587. The second kappa shape index (κ2) is 8.29. The lowest BCUT2D eigenvalue weighted by atomic mass is 9.87. The zero-order valence-electron chi connectivity index (χ0n) is 16.7. The second-order valence-electron chi connectivity index (χ2n) is 8.11. The number of methoxy groups -OCH3 is 1. The van der Waals surface area contributed by atoms with Gasteiger partial charge in [0.15, 0.2) is 5.70 Å². The molecule has 10 heteroatoms. The maximum absolute atomic E-state index is 12.9. The van der Waals surface area contributed by atoms with Gasteiger partial charge in [-0.15, -0.1) is 0 Å². The van der Waals surface area contributed by atoms with Gasteiger partial charge in [-0.3, -0.25) is 19.5 Å². The number of amidine groups is 1. The number of nitrogens with one attached hydrogen (secondary N) is 1. The third kappa shape index (κ3) is 3.81. The largest absolute Gasteiger partial charge is 1.00 e. The van der Waals surface area contributed by atoms with Crippen LogP contribution in [0.5, 0.6) is 0 Å². The Balaban J connectivity index is 0.00000240. The Bertz CT molecular complexity index is 838. The predicted octanol–water partition coefficient (Wildman–Crippen LogP) is -2.72. The molecule has 0 aromatic heterocycles. The molecule has 158 valence electrons. The molecule has 4 aliphatic heterocycles. The average molecular weight is 487 g/mol. The Hall–Kier alpha value is -1.55. The van der Waals surface area contributed by atoms with Crippen LogP contribution in [-0.4, -0.2) is 71.0 Å². The number of esters is 1. The molecule has 0 bridgehead atoms. The number of quaternary nitrogens is 1. The highest BCUT2D eigenvalue weighted by Crippen LogP contribution is 2.34. The van der Waals surface area contributed by atoms with Crippen molar-refractivity contribution in [3.05, 3.63) is 23.8 Å². The lowest BCUT2D eigenvalue weighted by Crippen LogP contribution is -3.07. The van der Waals surface area contributed by atoms with Crippen molar-refractivity contribution in [2.45, 2.75) is 38.3 Å². The first kappa shape index (κ1) is 22.1. The average Bonchev–Trinajstić information content (AvgIpc) is 3.04. The van der Waals surface area contributed by atoms with Crippen LogP contribution in [0.4, 0.5) is 0 Å². The molecule has 0 radical (unpaired) electrons. The topological polar surface area (TPSA) is 79.0 Å². The van der Waals surface area contributed by atoms with E-state index in [-0.39, 0.29) is 42.8 Å². The minimum Gasteiger partial charge on any atom is -1.00 e. The van der Waals surface area contributed by atoms with E-state index < -0.39 is 5.54 Å². The molecule has 3 atom stereocenters. The summed E-state index contributed by atoms with van der Waals surface area (Å²) >= 11 is 3.55. The van der Waals surface area contributed by atoms with Gasteiger partial charge in [-0.2, -0.15) is 4.99 Å². The van der Waals surface area contributed by atoms with Crippen LogP contribution < -0.4 is 17.3 Å². The van der Waals surface area contributed by atoms with Gasteiger partial charge in [-0.25, -0.2) is 4.90 Å². The van der Waals surface area contributed by atoms with Crippen molar-refractivity contribution in [3.8, 4) is 0 Å². The van der Waals surface area contributed by atoms with Gasteiger partial charge in [-0.05, 0) is 26.7 Å². The van der Waals surface area contributed by atoms with Gasteiger partial charge >= 0.3 is 5.97 Å². The van der Waals surface area contributed by atoms with E-state index in [2.05, 4.69) is 20.9 Å². The van der Waals surface area contributed by atoms with Crippen molar-refractivity contribution < 1.29 is 31.6 Å². The number of piperidine rings is 1. The summed E-state index contributed by atoms with van der Waals surface area (Å²) < 4.78 is 5.76. The van der Waals surface area contributed by atoms with Crippen LogP contribution in [-0.2, 0) is 14.3 Å². The first-order valence-corrected chi connectivity index (χ1v) is 10.3. The molecule has 29 heavy (non-hydrogen) atoms. The molecule has 0 saturated carbocycles. The normalized spacial score (nSPS) is 29.2. The number of hydrogen-bond acceptors (Lipinski definition) is 6. The highest BCUT2D eigenvalue weighted by molar-refractivity contribution is 9.18. The number of rotatable bonds is 3. The van der Waals surface area contributed by atoms with E-state index in [1.807, 2.05) is 36.1 Å². The van der Waals surface area contributed by atoms with E-state index in [9.17, 15) is 9.59 Å². The molecule has 0 aromatic carbocycles. The summed E-state index contributed by atoms with van der Waals surface area (Å²) in [6, 6.07) is 0.115. The van der Waals surface area contributed by atoms with E-state index in [0.717, 1.165) is 33.9 Å². The first-order chi connectivity index (χ1) is 13.3. The SMILES string of the molecule is COC(=O)C(C)(C)N1CC(=O)N2C[C@@H](C3=C4C=NC=C[NH+]4C(Br)=N3)CC[C@@H]2C1.[Cl-]. The predicted molar refractivity (Wildman–Crippen MR) is 108 cm³/mol. The van der Waals surface area contributed by atoms with E-state index in [0.29, 0.717) is 13.1 Å². The van der Waals surface area contributed by atoms with Crippen molar-refractivity contribution in [1.82, 2.24) is 9.80 Å². The summed E-state index contributed by atoms with van der Waals surface area (Å²) in [6.45, 7) is 5.20. The number of piperazine rings is 1. The minimum atomic E-state index is -0.812. The van der Waals surface area contributed by atoms with Gasteiger partial charge in [0, 0.05) is 41.0 Å². The van der Waals surface area contributed by atoms with Crippen LogP contribution in [0, 0.1) is 5.92 Å². The maximum atomic E-state index is 12.9. The monoisotopic (exact) mass is 485 g/mol. The van der Waals surface area contributed by atoms with Crippen molar-refractivity contribution in [2.75, 3.05) is 26.7 Å². The summed E-state index contributed by atoms with van der Waals surface area (Å²) in [7, 11) is 1.39.